The molecular weight excluding hydrogens is 210 g/mol. The Morgan fingerprint density at radius 3 is 2.35 bits per heavy atom. The molecule has 94 valence electrons. The van der Waals surface area contributed by atoms with E-state index in [2.05, 4.69) is 51.2 Å². The van der Waals surface area contributed by atoms with Gasteiger partial charge in [0.2, 0.25) is 5.91 Å². The standard InChI is InChI=1S/C15H23NO/c1-10(2)14(9-15(17)16-5)13-7-6-11(3)12(4)8-13/h6-8,10,14H,9H2,1-5H3,(H,16,17). The first-order chi connectivity index (χ1) is 7.95. The van der Waals surface area contributed by atoms with Gasteiger partial charge in [-0.15, -0.1) is 0 Å². The van der Waals surface area contributed by atoms with Crippen molar-refractivity contribution < 1.29 is 4.79 Å². The molecule has 0 fully saturated rings. The van der Waals surface area contributed by atoms with Gasteiger partial charge in [0.25, 0.3) is 0 Å². The minimum Gasteiger partial charge on any atom is -0.359 e. The Kier molecular flexibility index (Phi) is 4.73. The van der Waals surface area contributed by atoms with Gasteiger partial charge in [-0.2, -0.15) is 0 Å². The van der Waals surface area contributed by atoms with Gasteiger partial charge in [0.15, 0.2) is 0 Å². The normalized spacial score (nSPS) is 12.6. The summed E-state index contributed by atoms with van der Waals surface area (Å²) in [6.45, 7) is 8.57. The molecule has 0 bridgehead atoms. The maximum Gasteiger partial charge on any atom is 0.220 e. The minimum atomic E-state index is 0.113. The van der Waals surface area contributed by atoms with Crippen LogP contribution in [0.3, 0.4) is 0 Å². The van der Waals surface area contributed by atoms with E-state index in [-0.39, 0.29) is 5.91 Å². The number of nitrogens with one attached hydrogen (secondary N) is 1. The van der Waals surface area contributed by atoms with E-state index in [4.69, 9.17) is 0 Å². The van der Waals surface area contributed by atoms with Crippen LogP contribution in [0.2, 0.25) is 0 Å². The van der Waals surface area contributed by atoms with E-state index >= 15 is 0 Å². The van der Waals surface area contributed by atoms with Crippen LogP contribution in [0.4, 0.5) is 0 Å². The summed E-state index contributed by atoms with van der Waals surface area (Å²) < 4.78 is 0. The second-order valence-corrected chi connectivity index (χ2v) is 5.07. The first-order valence-corrected chi connectivity index (χ1v) is 6.23. The molecule has 0 spiro atoms. The number of aryl methyl sites for hydroxylation is 2. The van der Waals surface area contributed by atoms with Crippen LogP contribution in [0.1, 0.15) is 42.9 Å². The van der Waals surface area contributed by atoms with Crippen molar-refractivity contribution in [3.8, 4) is 0 Å². The summed E-state index contributed by atoms with van der Waals surface area (Å²) in [5.74, 6) is 0.880. The maximum absolute atomic E-state index is 11.5. The lowest BCUT2D eigenvalue weighted by atomic mass is 9.84. The number of rotatable bonds is 4. The molecule has 0 saturated carbocycles. The van der Waals surface area contributed by atoms with E-state index in [1.165, 1.54) is 16.7 Å². The van der Waals surface area contributed by atoms with E-state index in [0.29, 0.717) is 18.3 Å². The molecule has 1 N–H and O–H groups in total. The fourth-order valence-corrected chi connectivity index (χ4v) is 2.04. The Bertz CT molecular complexity index is 396. The molecule has 17 heavy (non-hydrogen) atoms. The predicted molar refractivity (Wildman–Crippen MR) is 72.2 cm³/mol. The molecule has 0 heterocycles. The van der Waals surface area contributed by atoms with Crippen LogP contribution in [-0.2, 0) is 4.79 Å². The second-order valence-electron chi connectivity index (χ2n) is 5.07. The molecule has 0 aliphatic rings. The van der Waals surface area contributed by atoms with Gasteiger partial charge in [-0.25, -0.2) is 0 Å². The van der Waals surface area contributed by atoms with Gasteiger partial charge in [0.1, 0.15) is 0 Å². The van der Waals surface area contributed by atoms with Crippen LogP contribution in [-0.4, -0.2) is 13.0 Å². The molecule has 0 saturated heterocycles. The molecule has 1 amide bonds. The molecule has 1 atom stereocenters. The zero-order valence-electron chi connectivity index (χ0n) is 11.5. The maximum atomic E-state index is 11.5. The van der Waals surface area contributed by atoms with Crippen molar-refractivity contribution in [3.63, 3.8) is 0 Å². The quantitative estimate of drug-likeness (QED) is 0.850. The van der Waals surface area contributed by atoms with Crippen LogP contribution in [0.5, 0.6) is 0 Å². The summed E-state index contributed by atoms with van der Waals surface area (Å²) in [5.41, 5.74) is 3.87. The third-order valence-electron chi connectivity index (χ3n) is 3.45. The van der Waals surface area contributed by atoms with Gasteiger partial charge >= 0.3 is 0 Å². The summed E-state index contributed by atoms with van der Waals surface area (Å²) >= 11 is 0. The van der Waals surface area contributed by atoms with Crippen molar-refractivity contribution in [3.05, 3.63) is 34.9 Å². The molecule has 1 rings (SSSR count). The SMILES string of the molecule is CNC(=O)CC(c1ccc(C)c(C)c1)C(C)C. The highest BCUT2D eigenvalue weighted by Crippen LogP contribution is 2.29. The lowest BCUT2D eigenvalue weighted by molar-refractivity contribution is -0.121. The molecule has 0 aromatic heterocycles. The number of hydrogen-bond acceptors (Lipinski definition) is 1. The van der Waals surface area contributed by atoms with E-state index in [0.717, 1.165) is 0 Å². The molecule has 1 aromatic rings. The Labute approximate surface area is 104 Å². The zero-order valence-corrected chi connectivity index (χ0v) is 11.5. The van der Waals surface area contributed by atoms with Crippen molar-refractivity contribution in [2.45, 2.75) is 40.0 Å². The number of carbonyl (C=O) groups is 1. The fourth-order valence-electron chi connectivity index (χ4n) is 2.04. The largest absolute Gasteiger partial charge is 0.359 e. The molecule has 1 unspecified atom stereocenters. The lowest BCUT2D eigenvalue weighted by Gasteiger charge is -2.21. The van der Waals surface area contributed by atoms with Crippen LogP contribution in [0.25, 0.3) is 0 Å². The summed E-state index contributed by atoms with van der Waals surface area (Å²) in [6.07, 6.45) is 0.566. The fraction of sp³-hybridized carbons (Fsp3) is 0.533. The van der Waals surface area contributed by atoms with E-state index in [1.807, 2.05) is 0 Å². The zero-order chi connectivity index (χ0) is 13.0. The lowest BCUT2D eigenvalue weighted by Crippen LogP contribution is -2.22. The highest BCUT2D eigenvalue weighted by Gasteiger charge is 2.19. The molecule has 0 radical (unpaired) electrons. The van der Waals surface area contributed by atoms with Crippen LogP contribution < -0.4 is 5.32 Å². The number of benzene rings is 1. The third kappa shape index (κ3) is 3.58. The summed E-state index contributed by atoms with van der Waals surface area (Å²) in [6, 6.07) is 6.50. The highest BCUT2D eigenvalue weighted by molar-refractivity contribution is 5.76. The molecule has 2 nitrogen and oxygen atoms in total. The summed E-state index contributed by atoms with van der Waals surface area (Å²) in [4.78, 5) is 11.5. The topological polar surface area (TPSA) is 29.1 Å². The number of amides is 1. The summed E-state index contributed by atoms with van der Waals surface area (Å²) in [5, 5.41) is 2.71. The Morgan fingerprint density at radius 2 is 1.88 bits per heavy atom. The predicted octanol–water partition coefficient (Wildman–Crippen LogP) is 3.18. The van der Waals surface area contributed by atoms with Gasteiger partial charge in [-0.05, 0) is 42.4 Å². The Morgan fingerprint density at radius 1 is 1.24 bits per heavy atom. The summed E-state index contributed by atoms with van der Waals surface area (Å²) in [7, 11) is 1.69. The molecule has 2 heteroatoms. The molecule has 1 aromatic carbocycles. The van der Waals surface area contributed by atoms with Crippen LogP contribution in [0.15, 0.2) is 18.2 Å². The van der Waals surface area contributed by atoms with Gasteiger partial charge in [0, 0.05) is 13.5 Å². The van der Waals surface area contributed by atoms with E-state index in [9.17, 15) is 4.79 Å². The van der Waals surface area contributed by atoms with Crippen molar-refractivity contribution in [1.82, 2.24) is 5.32 Å². The van der Waals surface area contributed by atoms with Crippen LogP contribution >= 0.6 is 0 Å². The van der Waals surface area contributed by atoms with Gasteiger partial charge < -0.3 is 5.32 Å². The highest BCUT2D eigenvalue weighted by atomic mass is 16.1. The second kappa shape index (κ2) is 5.85. The molecule has 0 aliphatic heterocycles. The van der Waals surface area contributed by atoms with E-state index < -0.39 is 0 Å². The van der Waals surface area contributed by atoms with Crippen molar-refractivity contribution >= 4 is 5.91 Å². The smallest absolute Gasteiger partial charge is 0.220 e. The average molecular weight is 233 g/mol. The Hall–Kier alpha value is -1.31. The Balaban J connectivity index is 2.97. The molecular formula is C15H23NO. The van der Waals surface area contributed by atoms with Crippen molar-refractivity contribution in [1.29, 1.82) is 0 Å². The van der Waals surface area contributed by atoms with Gasteiger partial charge in [-0.1, -0.05) is 32.0 Å². The van der Waals surface area contributed by atoms with Crippen LogP contribution in [0, 0.1) is 19.8 Å². The van der Waals surface area contributed by atoms with Gasteiger partial charge in [-0.3, -0.25) is 4.79 Å². The van der Waals surface area contributed by atoms with Crippen molar-refractivity contribution in [2.75, 3.05) is 7.05 Å². The molecule has 0 aliphatic carbocycles. The van der Waals surface area contributed by atoms with Gasteiger partial charge in [0.05, 0.1) is 0 Å². The van der Waals surface area contributed by atoms with E-state index in [1.54, 1.807) is 7.05 Å². The first kappa shape index (κ1) is 13.8. The number of hydrogen-bond donors (Lipinski definition) is 1. The average Bonchev–Trinajstić information content (AvgIpc) is 2.29. The number of carbonyl (C=O) groups excluding carboxylic acids is 1. The van der Waals surface area contributed by atoms with Crippen molar-refractivity contribution in [2.24, 2.45) is 5.92 Å². The monoisotopic (exact) mass is 233 g/mol. The minimum absolute atomic E-state index is 0.113. The third-order valence-corrected chi connectivity index (χ3v) is 3.45. The first-order valence-electron chi connectivity index (χ1n) is 6.23.